The van der Waals surface area contributed by atoms with Crippen molar-refractivity contribution in [3.05, 3.63) is 92.9 Å². The van der Waals surface area contributed by atoms with Crippen molar-refractivity contribution >= 4 is 21.4 Å². The maximum Gasteiger partial charge on any atom is 0.276 e. The molecule has 0 aliphatic rings. The van der Waals surface area contributed by atoms with Crippen LogP contribution < -0.4 is 5.56 Å². The van der Waals surface area contributed by atoms with Gasteiger partial charge in [0.1, 0.15) is 5.52 Å². The highest BCUT2D eigenvalue weighted by Gasteiger charge is 2.13. The molecule has 0 amide bonds. The summed E-state index contributed by atoms with van der Waals surface area (Å²) < 4.78 is 4.05. The average molecular weight is 424 g/mol. The monoisotopic (exact) mass is 423 g/mol. The van der Waals surface area contributed by atoms with Crippen molar-refractivity contribution in [1.29, 1.82) is 0 Å². The lowest BCUT2D eigenvalue weighted by molar-refractivity contribution is 0.155. The summed E-state index contributed by atoms with van der Waals surface area (Å²) in [5.41, 5.74) is 3.87. The largest absolute Gasteiger partial charge is 0.387 e. The molecule has 2 heterocycles. The minimum atomic E-state index is -0.752. The van der Waals surface area contributed by atoms with Crippen LogP contribution >= 0.6 is 15.9 Å². The smallest absolute Gasteiger partial charge is 0.276 e. The van der Waals surface area contributed by atoms with Gasteiger partial charge in [-0.1, -0.05) is 57.9 Å². The van der Waals surface area contributed by atoms with Crippen LogP contribution in [0.3, 0.4) is 0 Å². The second kappa shape index (κ2) is 7.13. The number of halogens is 1. The number of aromatic nitrogens is 3. The van der Waals surface area contributed by atoms with Crippen molar-refractivity contribution in [1.82, 2.24) is 14.2 Å². The van der Waals surface area contributed by atoms with Crippen molar-refractivity contribution in [2.45, 2.75) is 19.6 Å². The third-order valence-corrected chi connectivity index (χ3v) is 5.05. The van der Waals surface area contributed by atoms with E-state index >= 15 is 0 Å². The number of rotatable bonds is 4. The second-order valence-corrected chi connectivity index (χ2v) is 7.47. The molecule has 4 aromatic rings. The molecule has 0 unspecified atom stereocenters. The predicted octanol–water partition coefficient (Wildman–Crippen LogP) is 3.97. The molecule has 0 radical (unpaired) electrons. The molecule has 6 heteroatoms. The number of aliphatic hydroxyl groups excluding tert-OH is 1. The average Bonchev–Trinajstić information content (AvgIpc) is 3.10. The van der Waals surface area contributed by atoms with Crippen LogP contribution in [-0.2, 0) is 6.54 Å². The zero-order valence-electron chi connectivity index (χ0n) is 14.7. The van der Waals surface area contributed by atoms with Crippen LogP contribution in [0.5, 0.6) is 0 Å². The van der Waals surface area contributed by atoms with E-state index in [4.69, 9.17) is 0 Å². The highest BCUT2D eigenvalue weighted by molar-refractivity contribution is 9.10. The Morgan fingerprint density at radius 1 is 1.11 bits per heavy atom. The van der Waals surface area contributed by atoms with Crippen molar-refractivity contribution < 1.29 is 5.11 Å². The summed E-state index contributed by atoms with van der Waals surface area (Å²) in [5.74, 6) is 0. The Bertz CT molecular complexity index is 1160. The Balaban J connectivity index is 1.68. The van der Waals surface area contributed by atoms with Gasteiger partial charge >= 0.3 is 0 Å². The summed E-state index contributed by atoms with van der Waals surface area (Å²) in [7, 11) is 0. The van der Waals surface area contributed by atoms with Crippen LogP contribution in [0.2, 0.25) is 0 Å². The first kappa shape index (κ1) is 17.7. The fraction of sp³-hybridized carbons (Fsp3) is 0.143. The van der Waals surface area contributed by atoms with E-state index in [1.54, 1.807) is 23.0 Å². The molecule has 1 atom stereocenters. The van der Waals surface area contributed by atoms with Gasteiger partial charge < -0.3 is 9.67 Å². The molecule has 0 fully saturated rings. The minimum Gasteiger partial charge on any atom is -0.387 e. The first-order valence-corrected chi connectivity index (χ1v) is 9.40. The molecule has 0 aliphatic heterocycles. The molecule has 2 aromatic heterocycles. The third-order valence-electron chi connectivity index (χ3n) is 4.56. The number of benzene rings is 2. The first-order valence-electron chi connectivity index (χ1n) is 8.61. The van der Waals surface area contributed by atoms with Crippen LogP contribution in [0.4, 0.5) is 0 Å². The van der Waals surface area contributed by atoms with Gasteiger partial charge in [-0.3, -0.25) is 4.79 Å². The van der Waals surface area contributed by atoms with Crippen molar-refractivity contribution in [3.8, 4) is 11.3 Å². The van der Waals surface area contributed by atoms with Gasteiger partial charge in [0.25, 0.3) is 5.56 Å². The third kappa shape index (κ3) is 3.59. The summed E-state index contributed by atoms with van der Waals surface area (Å²) in [5, 5.41) is 15.0. The maximum atomic E-state index is 12.8. The highest BCUT2D eigenvalue weighted by atomic mass is 79.9. The fourth-order valence-electron chi connectivity index (χ4n) is 3.04. The quantitative estimate of drug-likeness (QED) is 0.540. The Morgan fingerprint density at radius 2 is 1.89 bits per heavy atom. The van der Waals surface area contributed by atoms with Crippen molar-refractivity contribution in [2.75, 3.05) is 0 Å². The number of aliphatic hydroxyl groups is 1. The van der Waals surface area contributed by atoms with Crippen molar-refractivity contribution in [2.24, 2.45) is 0 Å². The SMILES string of the molecule is Cc1ccc([C@H](O)Cn2ccn3nc(-c4cccc(Br)c4)cc3c2=O)cc1. The molecule has 5 nitrogen and oxygen atoms in total. The van der Waals surface area contributed by atoms with Gasteiger partial charge in [0, 0.05) is 22.4 Å². The first-order chi connectivity index (χ1) is 13.0. The Labute approximate surface area is 164 Å². The molecular weight excluding hydrogens is 406 g/mol. The van der Waals surface area contributed by atoms with Crippen LogP contribution in [-0.4, -0.2) is 19.3 Å². The fourth-order valence-corrected chi connectivity index (χ4v) is 3.44. The number of hydrogen-bond acceptors (Lipinski definition) is 3. The van der Waals surface area contributed by atoms with Gasteiger partial charge in [-0.05, 0) is 30.7 Å². The van der Waals surface area contributed by atoms with E-state index in [1.807, 2.05) is 55.5 Å². The lowest BCUT2D eigenvalue weighted by atomic mass is 10.1. The predicted molar refractivity (Wildman–Crippen MR) is 109 cm³/mol. The maximum absolute atomic E-state index is 12.8. The summed E-state index contributed by atoms with van der Waals surface area (Å²) in [6.45, 7) is 2.19. The molecule has 27 heavy (non-hydrogen) atoms. The van der Waals surface area contributed by atoms with E-state index in [0.29, 0.717) is 5.52 Å². The molecule has 4 rings (SSSR count). The lowest BCUT2D eigenvalue weighted by Gasteiger charge is -2.13. The molecule has 0 spiro atoms. The van der Waals surface area contributed by atoms with E-state index in [1.165, 1.54) is 4.57 Å². The number of nitrogens with zero attached hydrogens (tertiary/aromatic N) is 3. The van der Waals surface area contributed by atoms with E-state index in [-0.39, 0.29) is 12.1 Å². The van der Waals surface area contributed by atoms with E-state index in [9.17, 15) is 9.90 Å². The van der Waals surface area contributed by atoms with E-state index < -0.39 is 6.10 Å². The zero-order valence-corrected chi connectivity index (χ0v) is 16.3. The van der Waals surface area contributed by atoms with Crippen LogP contribution in [0.15, 0.2) is 76.3 Å². The second-order valence-electron chi connectivity index (χ2n) is 6.55. The Hall–Kier alpha value is -2.70. The van der Waals surface area contributed by atoms with Crippen LogP contribution in [0.1, 0.15) is 17.2 Å². The van der Waals surface area contributed by atoms with Gasteiger partial charge in [0.2, 0.25) is 0 Å². The number of fused-ring (bicyclic) bond motifs is 1. The van der Waals surface area contributed by atoms with E-state index in [0.717, 1.165) is 26.9 Å². The molecule has 1 N–H and O–H groups in total. The molecule has 0 aliphatic carbocycles. The molecular formula is C21H18BrN3O2. The van der Waals surface area contributed by atoms with Gasteiger partial charge in [-0.2, -0.15) is 5.10 Å². The summed E-state index contributed by atoms with van der Waals surface area (Å²) >= 11 is 3.45. The minimum absolute atomic E-state index is 0.183. The Kier molecular flexibility index (Phi) is 4.68. The van der Waals surface area contributed by atoms with Gasteiger partial charge in [-0.15, -0.1) is 0 Å². The number of aryl methyl sites for hydroxylation is 1. The molecule has 2 aromatic carbocycles. The summed E-state index contributed by atoms with van der Waals surface area (Å²) in [6.07, 6.45) is 2.64. The molecule has 0 saturated carbocycles. The molecule has 0 saturated heterocycles. The van der Waals surface area contributed by atoms with Gasteiger partial charge in [0.15, 0.2) is 0 Å². The van der Waals surface area contributed by atoms with Crippen LogP contribution in [0, 0.1) is 6.92 Å². The zero-order chi connectivity index (χ0) is 19.0. The lowest BCUT2D eigenvalue weighted by Crippen LogP contribution is -2.24. The normalized spacial score (nSPS) is 12.4. The highest BCUT2D eigenvalue weighted by Crippen LogP contribution is 2.22. The molecule has 136 valence electrons. The molecule has 0 bridgehead atoms. The van der Waals surface area contributed by atoms with Gasteiger partial charge in [-0.25, -0.2) is 4.52 Å². The van der Waals surface area contributed by atoms with Gasteiger partial charge in [0.05, 0.1) is 18.3 Å². The summed E-state index contributed by atoms with van der Waals surface area (Å²) in [6, 6.07) is 17.2. The van der Waals surface area contributed by atoms with Crippen molar-refractivity contribution in [3.63, 3.8) is 0 Å². The topological polar surface area (TPSA) is 59.5 Å². The standard InChI is InChI=1S/C21H18BrN3O2/c1-14-5-7-15(8-6-14)20(26)13-24-9-10-25-19(21(24)27)12-18(23-25)16-3-2-4-17(22)11-16/h2-12,20,26H,13H2,1H3/t20-/m1/s1. The Morgan fingerprint density at radius 3 is 2.63 bits per heavy atom. The number of hydrogen-bond donors (Lipinski definition) is 1. The summed E-state index contributed by atoms with van der Waals surface area (Å²) in [4.78, 5) is 12.8. The van der Waals surface area contributed by atoms with E-state index in [2.05, 4.69) is 21.0 Å². The van der Waals surface area contributed by atoms with Crippen LogP contribution in [0.25, 0.3) is 16.8 Å².